The van der Waals surface area contributed by atoms with Crippen molar-refractivity contribution in [3.8, 4) is 0 Å². The van der Waals surface area contributed by atoms with Crippen LogP contribution in [0, 0.1) is 0 Å². The molecule has 19 heavy (non-hydrogen) atoms. The zero-order valence-electron chi connectivity index (χ0n) is 12.5. The van der Waals surface area contributed by atoms with Crippen LogP contribution < -0.4 is 5.32 Å². The number of nitrogens with zero attached hydrogens (tertiary/aromatic N) is 2. The van der Waals surface area contributed by atoms with Crippen LogP contribution in [0.4, 0.5) is 0 Å². The van der Waals surface area contributed by atoms with Crippen molar-refractivity contribution < 1.29 is 8.42 Å². The second-order valence-electron chi connectivity index (χ2n) is 5.07. The van der Waals surface area contributed by atoms with Gasteiger partial charge in [0.15, 0.2) is 0 Å². The molecule has 1 heterocycles. The minimum absolute atomic E-state index is 0.0492. The molecule has 0 fully saturated rings. The third kappa shape index (κ3) is 3.81. The average Bonchev–Trinajstić information content (AvgIpc) is 2.71. The minimum Gasteiger partial charge on any atom is -0.352 e. The Morgan fingerprint density at radius 1 is 1.42 bits per heavy atom. The molecule has 0 aliphatic heterocycles. The van der Waals surface area contributed by atoms with Gasteiger partial charge in [0.25, 0.3) is 0 Å². The molecule has 0 unspecified atom stereocenters. The first-order chi connectivity index (χ1) is 8.80. The number of hydrogen-bond donors (Lipinski definition) is 1. The van der Waals surface area contributed by atoms with Crippen molar-refractivity contribution in [1.82, 2.24) is 14.2 Å². The molecule has 0 aliphatic carbocycles. The summed E-state index contributed by atoms with van der Waals surface area (Å²) in [7, 11) is 0.0997. The van der Waals surface area contributed by atoms with Gasteiger partial charge >= 0.3 is 0 Å². The number of nitrogens with one attached hydrogen (secondary N) is 1. The molecule has 0 atom stereocenters. The maximum Gasteiger partial charge on any atom is 0.244 e. The van der Waals surface area contributed by atoms with Crippen LogP contribution in [0.15, 0.2) is 17.2 Å². The first kappa shape index (κ1) is 16.2. The molecule has 1 rings (SSSR count). The van der Waals surface area contributed by atoms with Gasteiger partial charge in [0, 0.05) is 38.6 Å². The van der Waals surface area contributed by atoms with E-state index in [1.54, 1.807) is 19.3 Å². The van der Waals surface area contributed by atoms with Gasteiger partial charge in [-0.2, -0.15) is 4.31 Å². The molecule has 6 heteroatoms. The summed E-state index contributed by atoms with van der Waals surface area (Å²) in [5, 5.41) is 3.28. The van der Waals surface area contributed by atoms with E-state index < -0.39 is 10.0 Å². The van der Waals surface area contributed by atoms with E-state index in [2.05, 4.69) is 12.2 Å². The lowest BCUT2D eigenvalue weighted by atomic mass is 10.4. The normalized spacial score (nSPS) is 12.6. The highest BCUT2D eigenvalue weighted by Crippen LogP contribution is 2.19. The van der Waals surface area contributed by atoms with Crippen molar-refractivity contribution in [2.75, 3.05) is 13.6 Å². The van der Waals surface area contributed by atoms with E-state index in [0.29, 0.717) is 11.4 Å². The molecule has 0 bridgehead atoms. The first-order valence-electron chi connectivity index (χ1n) is 6.64. The van der Waals surface area contributed by atoms with Crippen LogP contribution in [0.2, 0.25) is 0 Å². The molecule has 1 N–H and O–H groups in total. The van der Waals surface area contributed by atoms with Gasteiger partial charge in [-0.15, -0.1) is 0 Å². The van der Waals surface area contributed by atoms with E-state index in [1.165, 1.54) is 4.31 Å². The van der Waals surface area contributed by atoms with Crippen LogP contribution in [0.1, 0.15) is 32.9 Å². The Bertz CT molecular complexity index is 506. The Hall–Kier alpha value is -0.850. The van der Waals surface area contributed by atoms with Gasteiger partial charge in [-0.1, -0.05) is 6.92 Å². The Morgan fingerprint density at radius 3 is 2.58 bits per heavy atom. The molecule has 5 nitrogen and oxygen atoms in total. The fourth-order valence-corrected chi connectivity index (χ4v) is 3.19. The SMILES string of the molecule is CCCNCc1cc(S(=O)(=O)N(C)C(C)C)cn1C. The van der Waals surface area contributed by atoms with Gasteiger partial charge in [-0.05, 0) is 32.9 Å². The number of rotatable bonds is 7. The molecule has 0 radical (unpaired) electrons. The van der Waals surface area contributed by atoms with Gasteiger partial charge in [0.2, 0.25) is 10.0 Å². The molecule has 1 aromatic heterocycles. The Kier molecular flexibility index (Phi) is 5.58. The highest BCUT2D eigenvalue weighted by Gasteiger charge is 2.24. The lowest BCUT2D eigenvalue weighted by Crippen LogP contribution is -2.32. The number of sulfonamides is 1. The summed E-state index contributed by atoms with van der Waals surface area (Å²) in [5.74, 6) is 0. The highest BCUT2D eigenvalue weighted by molar-refractivity contribution is 7.89. The van der Waals surface area contributed by atoms with Crippen LogP contribution in [-0.2, 0) is 23.6 Å². The van der Waals surface area contributed by atoms with Gasteiger partial charge in [-0.25, -0.2) is 8.42 Å². The fourth-order valence-electron chi connectivity index (χ4n) is 1.73. The number of aromatic nitrogens is 1. The van der Waals surface area contributed by atoms with E-state index in [1.807, 2.05) is 25.5 Å². The quantitative estimate of drug-likeness (QED) is 0.774. The standard InChI is InChI=1S/C13H25N3O2S/c1-6-7-14-9-12-8-13(10-15(12)4)19(17,18)16(5)11(2)3/h8,10-11,14H,6-7,9H2,1-5H3. The summed E-state index contributed by atoms with van der Waals surface area (Å²) >= 11 is 0. The maximum absolute atomic E-state index is 12.4. The Labute approximate surface area is 116 Å². The Balaban J connectivity index is 2.94. The maximum atomic E-state index is 12.4. The molecular weight excluding hydrogens is 262 g/mol. The fraction of sp³-hybridized carbons (Fsp3) is 0.692. The summed E-state index contributed by atoms with van der Waals surface area (Å²) < 4.78 is 28.0. The van der Waals surface area contributed by atoms with Gasteiger partial charge in [-0.3, -0.25) is 0 Å². The first-order valence-corrected chi connectivity index (χ1v) is 8.08. The minimum atomic E-state index is -3.39. The van der Waals surface area contributed by atoms with Crippen molar-refractivity contribution in [3.63, 3.8) is 0 Å². The molecule has 1 aromatic rings. The van der Waals surface area contributed by atoms with Crippen molar-refractivity contribution >= 4 is 10.0 Å². The van der Waals surface area contributed by atoms with E-state index in [0.717, 1.165) is 18.7 Å². The number of hydrogen-bond acceptors (Lipinski definition) is 3. The zero-order valence-corrected chi connectivity index (χ0v) is 13.3. The summed E-state index contributed by atoms with van der Waals surface area (Å²) in [4.78, 5) is 0.361. The molecule has 0 aliphatic rings. The topological polar surface area (TPSA) is 54.3 Å². The monoisotopic (exact) mass is 287 g/mol. The predicted octanol–water partition coefficient (Wildman–Crippen LogP) is 1.55. The van der Waals surface area contributed by atoms with Gasteiger partial charge < -0.3 is 9.88 Å². The van der Waals surface area contributed by atoms with Crippen LogP contribution >= 0.6 is 0 Å². The third-order valence-electron chi connectivity index (χ3n) is 3.22. The predicted molar refractivity (Wildman–Crippen MR) is 77.5 cm³/mol. The highest BCUT2D eigenvalue weighted by atomic mass is 32.2. The van der Waals surface area contributed by atoms with Crippen molar-refractivity contribution in [1.29, 1.82) is 0 Å². The summed E-state index contributed by atoms with van der Waals surface area (Å²) in [5.41, 5.74) is 0.976. The Morgan fingerprint density at radius 2 is 2.05 bits per heavy atom. The lowest BCUT2D eigenvalue weighted by molar-refractivity contribution is 0.410. The second kappa shape index (κ2) is 6.54. The van der Waals surface area contributed by atoms with Crippen LogP contribution in [0.5, 0.6) is 0 Å². The molecule has 0 saturated heterocycles. The number of aryl methyl sites for hydroxylation is 1. The smallest absolute Gasteiger partial charge is 0.244 e. The molecule has 0 aromatic carbocycles. The average molecular weight is 287 g/mol. The van der Waals surface area contributed by atoms with E-state index >= 15 is 0 Å². The van der Waals surface area contributed by atoms with Crippen LogP contribution in [0.3, 0.4) is 0 Å². The summed E-state index contributed by atoms with van der Waals surface area (Å²) in [6.45, 7) is 7.45. The van der Waals surface area contributed by atoms with Gasteiger partial charge in [0.1, 0.15) is 4.90 Å². The largest absolute Gasteiger partial charge is 0.352 e. The van der Waals surface area contributed by atoms with Crippen molar-refractivity contribution in [2.45, 2.75) is 44.7 Å². The van der Waals surface area contributed by atoms with Gasteiger partial charge in [0.05, 0.1) is 0 Å². The molecule has 0 spiro atoms. The summed E-state index contributed by atoms with van der Waals surface area (Å²) in [6.07, 6.45) is 2.74. The van der Waals surface area contributed by atoms with Crippen molar-refractivity contribution in [2.24, 2.45) is 7.05 Å². The van der Waals surface area contributed by atoms with E-state index in [9.17, 15) is 8.42 Å². The zero-order chi connectivity index (χ0) is 14.6. The van der Waals surface area contributed by atoms with Crippen molar-refractivity contribution in [3.05, 3.63) is 18.0 Å². The molecule has 110 valence electrons. The lowest BCUT2D eigenvalue weighted by Gasteiger charge is -2.19. The second-order valence-corrected chi connectivity index (χ2v) is 7.07. The third-order valence-corrected chi connectivity index (χ3v) is 5.22. The molecule has 0 amide bonds. The molecular formula is C13H25N3O2S. The van der Waals surface area contributed by atoms with Crippen LogP contribution in [-0.4, -0.2) is 36.9 Å². The molecule has 0 saturated carbocycles. The summed E-state index contributed by atoms with van der Waals surface area (Å²) in [6, 6.07) is 1.70. The van der Waals surface area contributed by atoms with E-state index in [-0.39, 0.29) is 6.04 Å². The van der Waals surface area contributed by atoms with E-state index in [4.69, 9.17) is 0 Å². The van der Waals surface area contributed by atoms with Crippen LogP contribution in [0.25, 0.3) is 0 Å².